The molecule has 0 radical (unpaired) electrons. The van der Waals surface area contributed by atoms with E-state index >= 15 is 0 Å². The molecule has 0 aromatic heterocycles. The topological polar surface area (TPSA) is 15.3 Å². The van der Waals surface area contributed by atoms with Crippen LogP contribution < -0.4 is 5.32 Å². The number of nitrogens with one attached hydrogen (secondary N) is 1. The fourth-order valence-corrected chi connectivity index (χ4v) is 4.24. The fourth-order valence-electron chi connectivity index (χ4n) is 4.24. The first-order valence-electron chi connectivity index (χ1n) is 9.12. The van der Waals surface area contributed by atoms with Crippen LogP contribution in [-0.4, -0.2) is 37.1 Å². The predicted molar refractivity (Wildman–Crippen MR) is 88.1 cm³/mol. The van der Waals surface area contributed by atoms with E-state index in [-0.39, 0.29) is 0 Å². The van der Waals surface area contributed by atoms with Crippen LogP contribution in [-0.2, 0) is 0 Å². The van der Waals surface area contributed by atoms with Crippen molar-refractivity contribution in [3.05, 3.63) is 0 Å². The number of piperidine rings is 1. The van der Waals surface area contributed by atoms with Crippen molar-refractivity contribution >= 4 is 0 Å². The van der Waals surface area contributed by atoms with E-state index in [4.69, 9.17) is 0 Å². The van der Waals surface area contributed by atoms with Crippen LogP contribution in [0.25, 0.3) is 0 Å². The van der Waals surface area contributed by atoms with Gasteiger partial charge in [-0.15, -0.1) is 0 Å². The van der Waals surface area contributed by atoms with Gasteiger partial charge in [0, 0.05) is 6.04 Å². The second-order valence-electron chi connectivity index (χ2n) is 7.52. The van der Waals surface area contributed by atoms with Gasteiger partial charge in [-0.1, -0.05) is 33.1 Å². The first-order chi connectivity index (χ1) is 9.67. The van der Waals surface area contributed by atoms with E-state index in [1.807, 2.05) is 0 Å². The summed E-state index contributed by atoms with van der Waals surface area (Å²) in [5, 5.41) is 3.59. The smallest absolute Gasteiger partial charge is 0.0105 e. The van der Waals surface area contributed by atoms with E-state index in [0.29, 0.717) is 0 Å². The summed E-state index contributed by atoms with van der Waals surface area (Å²) in [7, 11) is 0. The van der Waals surface area contributed by atoms with Gasteiger partial charge in [0.1, 0.15) is 0 Å². The van der Waals surface area contributed by atoms with Gasteiger partial charge in [-0.2, -0.15) is 0 Å². The number of rotatable bonds is 6. The highest BCUT2D eigenvalue weighted by molar-refractivity contribution is 4.90. The maximum Gasteiger partial charge on any atom is 0.0105 e. The molecule has 0 bridgehead atoms. The highest BCUT2D eigenvalue weighted by Crippen LogP contribution is 2.44. The molecule has 2 rings (SSSR count). The molecule has 1 aliphatic heterocycles. The van der Waals surface area contributed by atoms with Gasteiger partial charge in [-0.25, -0.2) is 0 Å². The van der Waals surface area contributed by atoms with E-state index in [1.54, 1.807) is 0 Å². The zero-order chi connectivity index (χ0) is 14.4. The van der Waals surface area contributed by atoms with Crippen LogP contribution in [0.3, 0.4) is 0 Å². The summed E-state index contributed by atoms with van der Waals surface area (Å²) >= 11 is 0. The van der Waals surface area contributed by atoms with Crippen LogP contribution in [0.2, 0.25) is 0 Å². The molecular formula is C18H36N2. The average molecular weight is 280 g/mol. The summed E-state index contributed by atoms with van der Waals surface area (Å²) in [6.45, 7) is 12.1. The first-order valence-corrected chi connectivity index (χ1v) is 9.12. The van der Waals surface area contributed by atoms with Crippen molar-refractivity contribution in [3.63, 3.8) is 0 Å². The molecule has 0 aromatic carbocycles. The molecule has 1 spiro atoms. The minimum atomic E-state index is 0.736. The molecule has 1 saturated heterocycles. The van der Waals surface area contributed by atoms with Crippen LogP contribution in [0.15, 0.2) is 0 Å². The standard InChI is InChI=1S/C18H36N2/c1-4-12-19-15-16(2)17(3)20-13-10-18(11-14-20)8-6-5-7-9-18/h16-17,19H,4-15H2,1-3H3. The van der Waals surface area contributed by atoms with Gasteiger partial charge in [0.25, 0.3) is 0 Å². The molecule has 2 nitrogen and oxygen atoms in total. The molecule has 1 aliphatic carbocycles. The van der Waals surface area contributed by atoms with Crippen LogP contribution in [0, 0.1) is 11.3 Å². The molecule has 0 amide bonds. The SMILES string of the molecule is CCCNCC(C)C(C)N1CCC2(CCCCC2)CC1. The molecule has 0 aromatic rings. The first kappa shape index (κ1) is 16.3. The molecule has 1 N–H and O–H groups in total. The minimum absolute atomic E-state index is 0.736. The van der Waals surface area contributed by atoms with Crippen molar-refractivity contribution in [2.75, 3.05) is 26.2 Å². The average Bonchev–Trinajstić information content (AvgIpc) is 2.48. The summed E-state index contributed by atoms with van der Waals surface area (Å²) in [5.74, 6) is 0.766. The third-order valence-corrected chi connectivity index (χ3v) is 6.07. The molecule has 2 atom stereocenters. The summed E-state index contributed by atoms with van der Waals surface area (Å²) in [6, 6.07) is 0.736. The Bertz CT molecular complexity index is 261. The van der Waals surface area contributed by atoms with Gasteiger partial charge in [0.2, 0.25) is 0 Å². The Morgan fingerprint density at radius 2 is 1.65 bits per heavy atom. The largest absolute Gasteiger partial charge is 0.316 e. The third kappa shape index (κ3) is 4.21. The Morgan fingerprint density at radius 1 is 1.00 bits per heavy atom. The van der Waals surface area contributed by atoms with Gasteiger partial charge in [-0.3, -0.25) is 0 Å². The van der Waals surface area contributed by atoms with Crippen molar-refractivity contribution in [1.29, 1.82) is 0 Å². The molecule has 118 valence electrons. The number of hydrogen-bond acceptors (Lipinski definition) is 2. The van der Waals surface area contributed by atoms with E-state index in [9.17, 15) is 0 Å². The van der Waals surface area contributed by atoms with Gasteiger partial charge in [0.15, 0.2) is 0 Å². The highest BCUT2D eigenvalue weighted by Gasteiger charge is 2.36. The van der Waals surface area contributed by atoms with Gasteiger partial charge in [0.05, 0.1) is 0 Å². The molecule has 2 aliphatic rings. The molecule has 1 saturated carbocycles. The number of likely N-dealkylation sites (tertiary alicyclic amines) is 1. The summed E-state index contributed by atoms with van der Waals surface area (Å²) in [5.41, 5.74) is 0.748. The van der Waals surface area contributed by atoms with Gasteiger partial charge < -0.3 is 10.2 Å². The summed E-state index contributed by atoms with van der Waals surface area (Å²) in [4.78, 5) is 2.76. The zero-order valence-corrected chi connectivity index (χ0v) is 14.1. The lowest BCUT2D eigenvalue weighted by molar-refractivity contribution is 0.0361. The Morgan fingerprint density at radius 3 is 2.25 bits per heavy atom. The van der Waals surface area contributed by atoms with E-state index in [0.717, 1.165) is 17.4 Å². The van der Waals surface area contributed by atoms with Crippen molar-refractivity contribution in [2.45, 2.75) is 78.2 Å². The lowest BCUT2D eigenvalue weighted by atomic mass is 9.68. The Hall–Kier alpha value is -0.0800. The molecule has 2 fully saturated rings. The zero-order valence-electron chi connectivity index (χ0n) is 14.1. The van der Waals surface area contributed by atoms with Crippen LogP contribution in [0.1, 0.15) is 72.1 Å². The maximum absolute atomic E-state index is 3.59. The minimum Gasteiger partial charge on any atom is -0.316 e. The maximum atomic E-state index is 3.59. The molecule has 20 heavy (non-hydrogen) atoms. The second kappa shape index (κ2) is 7.79. The van der Waals surface area contributed by atoms with Crippen molar-refractivity contribution < 1.29 is 0 Å². The second-order valence-corrected chi connectivity index (χ2v) is 7.52. The fraction of sp³-hybridized carbons (Fsp3) is 1.00. The lowest BCUT2D eigenvalue weighted by Crippen LogP contribution is -2.48. The monoisotopic (exact) mass is 280 g/mol. The lowest BCUT2D eigenvalue weighted by Gasteiger charge is -2.47. The predicted octanol–water partition coefficient (Wildman–Crippen LogP) is 4.06. The Labute approximate surface area is 126 Å². The van der Waals surface area contributed by atoms with Crippen LogP contribution >= 0.6 is 0 Å². The summed E-state index contributed by atoms with van der Waals surface area (Å²) < 4.78 is 0. The van der Waals surface area contributed by atoms with Crippen LogP contribution in [0.4, 0.5) is 0 Å². The molecular weight excluding hydrogens is 244 g/mol. The Balaban J connectivity index is 1.74. The summed E-state index contributed by atoms with van der Waals surface area (Å²) in [6.07, 6.45) is 11.7. The van der Waals surface area contributed by atoms with Crippen molar-refractivity contribution in [2.24, 2.45) is 11.3 Å². The van der Waals surface area contributed by atoms with E-state index in [1.165, 1.54) is 77.5 Å². The molecule has 2 unspecified atom stereocenters. The van der Waals surface area contributed by atoms with E-state index < -0.39 is 0 Å². The number of hydrogen-bond donors (Lipinski definition) is 1. The number of nitrogens with zero attached hydrogens (tertiary/aromatic N) is 1. The molecule has 1 heterocycles. The molecule has 2 heteroatoms. The Kier molecular flexibility index (Phi) is 6.35. The van der Waals surface area contributed by atoms with Gasteiger partial charge in [-0.05, 0) is 76.5 Å². The van der Waals surface area contributed by atoms with Gasteiger partial charge >= 0.3 is 0 Å². The van der Waals surface area contributed by atoms with E-state index in [2.05, 4.69) is 31.0 Å². The van der Waals surface area contributed by atoms with Crippen molar-refractivity contribution in [3.8, 4) is 0 Å². The normalized spacial score (nSPS) is 26.6. The van der Waals surface area contributed by atoms with Crippen molar-refractivity contribution in [1.82, 2.24) is 10.2 Å². The third-order valence-electron chi connectivity index (χ3n) is 6.07. The highest BCUT2D eigenvalue weighted by atomic mass is 15.2. The van der Waals surface area contributed by atoms with Crippen LogP contribution in [0.5, 0.6) is 0 Å². The quantitative estimate of drug-likeness (QED) is 0.738.